The van der Waals surface area contributed by atoms with Crippen LogP contribution in [-0.2, 0) is 0 Å². The van der Waals surface area contributed by atoms with E-state index >= 15 is 0 Å². The van der Waals surface area contributed by atoms with Crippen molar-refractivity contribution in [3.8, 4) is 11.5 Å². The predicted octanol–water partition coefficient (Wildman–Crippen LogP) is 4.93. The number of nitrogens with two attached hydrogens (primary N) is 1. The maximum atomic E-state index is 10.9. The molecule has 0 heterocycles. The average molecular weight is 416 g/mol. The van der Waals surface area contributed by atoms with Crippen LogP contribution in [-0.4, -0.2) is 4.92 Å². The van der Waals surface area contributed by atoms with Gasteiger partial charge in [0.05, 0.1) is 4.92 Å². The predicted molar refractivity (Wildman–Crippen MR) is 87.6 cm³/mol. The Bertz CT molecular complexity index is 690. The second kappa shape index (κ2) is 6.55. The number of ether oxygens (including phenoxy) is 1. The van der Waals surface area contributed by atoms with Crippen molar-refractivity contribution in [2.24, 2.45) is 5.73 Å². The van der Waals surface area contributed by atoms with Crippen molar-refractivity contribution in [2.45, 2.75) is 13.0 Å². The zero-order chi connectivity index (χ0) is 15.6. The molecule has 0 fully saturated rings. The first-order chi connectivity index (χ1) is 9.90. The lowest BCUT2D eigenvalue weighted by atomic mass is 10.1. The lowest BCUT2D eigenvalue weighted by molar-refractivity contribution is -0.385. The van der Waals surface area contributed by atoms with Crippen molar-refractivity contribution in [1.82, 2.24) is 0 Å². The summed E-state index contributed by atoms with van der Waals surface area (Å²) in [5, 5.41) is 10.9. The molecule has 0 amide bonds. The Labute approximate surface area is 138 Å². The fraction of sp³-hybridized carbons (Fsp3) is 0.143. The lowest BCUT2D eigenvalue weighted by Gasteiger charge is -2.12. The third kappa shape index (κ3) is 3.61. The summed E-state index contributed by atoms with van der Waals surface area (Å²) in [7, 11) is 0. The summed E-state index contributed by atoms with van der Waals surface area (Å²) in [5.41, 5.74) is 6.76. The van der Waals surface area contributed by atoms with Crippen LogP contribution in [0.3, 0.4) is 0 Å². The normalized spacial score (nSPS) is 12.0. The van der Waals surface area contributed by atoms with E-state index < -0.39 is 4.92 Å². The molecule has 21 heavy (non-hydrogen) atoms. The Hall–Kier alpha value is -1.44. The van der Waals surface area contributed by atoms with E-state index in [9.17, 15) is 10.1 Å². The van der Waals surface area contributed by atoms with Crippen molar-refractivity contribution < 1.29 is 9.66 Å². The average Bonchev–Trinajstić information content (AvgIpc) is 2.40. The van der Waals surface area contributed by atoms with E-state index in [1.807, 2.05) is 13.0 Å². The molecule has 2 N–H and O–H groups in total. The summed E-state index contributed by atoms with van der Waals surface area (Å²) >= 11 is 6.63. The molecule has 0 bridgehead atoms. The molecule has 0 aromatic heterocycles. The molecule has 2 aromatic carbocycles. The summed E-state index contributed by atoms with van der Waals surface area (Å²) < 4.78 is 6.83. The van der Waals surface area contributed by atoms with Crippen LogP contribution < -0.4 is 10.5 Å². The molecule has 0 spiro atoms. The van der Waals surface area contributed by atoms with Gasteiger partial charge in [0.2, 0.25) is 0 Å². The first kappa shape index (κ1) is 15.9. The fourth-order valence-corrected chi connectivity index (χ4v) is 3.00. The third-order valence-electron chi connectivity index (χ3n) is 2.83. The lowest BCUT2D eigenvalue weighted by Crippen LogP contribution is -2.05. The van der Waals surface area contributed by atoms with Crippen LogP contribution >= 0.6 is 31.9 Å². The van der Waals surface area contributed by atoms with Crippen molar-refractivity contribution in [1.29, 1.82) is 0 Å². The highest BCUT2D eigenvalue weighted by molar-refractivity contribution is 9.11. The molecule has 1 unspecified atom stereocenters. The number of hydrogen-bond acceptors (Lipinski definition) is 4. The Kier molecular flexibility index (Phi) is 4.97. The largest absolute Gasteiger partial charge is 0.456 e. The molecule has 2 rings (SSSR count). The molecule has 1 atom stereocenters. The van der Waals surface area contributed by atoms with E-state index in [1.165, 1.54) is 6.07 Å². The highest BCUT2D eigenvalue weighted by Gasteiger charge is 2.16. The molecule has 0 saturated heterocycles. The third-order valence-corrected chi connectivity index (χ3v) is 4.31. The minimum absolute atomic E-state index is 0.0428. The van der Waals surface area contributed by atoms with Gasteiger partial charge in [-0.1, -0.05) is 28.1 Å². The number of hydrogen-bond donors (Lipinski definition) is 1. The van der Waals surface area contributed by atoms with Gasteiger partial charge in [-0.25, -0.2) is 0 Å². The molecule has 0 aliphatic carbocycles. The zero-order valence-electron chi connectivity index (χ0n) is 11.0. The Morgan fingerprint density at radius 2 is 2.00 bits per heavy atom. The van der Waals surface area contributed by atoms with Gasteiger partial charge in [-0.3, -0.25) is 10.1 Å². The Balaban J connectivity index is 2.33. The van der Waals surface area contributed by atoms with Crippen LogP contribution in [0.5, 0.6) is 11.5 Å². The van der Waals surface area contributed by atoms with Crippen LogP contribution in [0, 0.1) is 10.1 Å². The van der Waals surface area contributed by atoms with Gasteiger partial charge in [-0.2, -0.15) is 0 Å². The van der Waals surface area contributed by atoms with E-state index in [2.05, 4.69) is 31.9 Å². The summed E-state index contributed by atoms with van der Waals surface area (Å²) in [5.74, 6) is 0.942. The van der Waals surface area contributed by atoms with E-state index in [1.54, 1.807) is 24.3 Å². The molecule has 110 valence electrons. The van der Waals surface area contributed by atoms with Crippen LogP contribution in [0.25, 0.3) is 0 Å². The molecular formula is C14H12Br2N2O3. The molecule has 2 aromatic rings. The number of halogens is 2. The number of nitro benzene ring substituents is 1. The minimum atomic E-state index is -0.466. The highest BCUT2D eigenvalue weighted by atomic mass is 79.9. The molecular weight excluding hydrogens is 404 g/mol. The molecule has 0 aliphatic heterocycles. The van der Waals surface area contributed by atoms with Gasteiger partial charge in [-0.15, -0.1) is 0 Å². The van der Waals surface area contributed by atoms with E-state index in [0.717, 1.165) is 10.0 Å². The van der Waals surface area contributed by atoms with Crippen LogP contribution in [0.1, 0.15) is 18.5 Å². The quantitative estimate of drug-likeness (QED) is 0.567. The van der Waals surface area contributed by atoms with Crippen LogP contribution in [0.2, 0.25) is 0 Å². The van der Waals surface area contributed by atoms with Gasteiger partial charge in [0.1, 0.15) is 16.0 Å². The second-order valence-electron chi connectivity index (χ2n) is 4.42. The minimum Gasteiger partial charge on any atom is -0.456 e. The van der Waals surface area contributed by atoms with Crippen molar-refractivity contribution in [3.05, 3.63) is 61.0 Å². The van der Waals surface area contributed by atoms with Crippen LogP contribution in [0.15, 0.2) is 45.3 Å². The number of benzene rings is 2. The second-order valence-corrected chi connectivity index (χ2v) is 6.07. The van der Waals surface area contributed by atoms with Crippen molar-refractivity contribution >= 4 is 37.5 Å². The topological polar surface area (TPSA) is 78.4 Å². The summed E-state index contributed by atoms with van der Waals surface area (Å²) in [6.45, 7) is 1.89. The van der Waals surface area contributed by atoms with Gasteiger partial charge < -0.3 is 10.5 Å². The van der Waals surface area contributed by atoms with Gasteiger partial charge in [0.15, 0.2) is 0 Å². The van der Waals surface area contributed by atoms with Gasteiger partial charge in [0, 0.05) is 16.6 Å². The van der Waals surface area contributed by atoms with Crippen molar-refractivity contribution in [2.75, 3.05) is 0 Å². The smallest absolute Gasteiger partial charge is 0.287 e. The molecule has 5 nitrogen and oxygen atoms in total. The summed E-state index contributed by atoms with van der Waals surface area (Å²) in [6, 6.07) is 9.95. The molecule has 0 saturated carbocycles. The molecule has 0 aliphatic rings. The molecule has 7 heteroatoms. The maximum absolute atomic E-state index is 10.9. The number of rotatable bonds is 4. The summed E-state index contributed by atoms with van der Waals surface area (Å²) in [4.78, 5) is 10.4. The van der Waals surface area contributed by atoms with E-state index in [4.69, 9.17) is 10.5 Å². The fourth-order valence-electron chi connectivity index (χ4n) is 1.79. The first-order valence-corrected chi connectivity index (χ1v) is 7.64. The standard InChI is InChI=1S/C14H12Br2N2O3/c1-8(17)10-6-5-9(7-11(10)15)21-13-4-2-3-12(14(13)16)18(19)20/h2-8H,17H2,1H3. The SMILES string of the molecule is CC(N)c1ccc(Oc2cccc([N+](=O)[O-])c2Br)cc1Br. The monoisotopic (exact) mass is 414 g/mol. The first-order valence-electron chi connectivity index (χ1n) is 6.06. The highest BCUT2D eigenvalue weighted by Crippen LogP contribution is 2.37. The zero-order valence-corrected chi connectivity index (χ0v) is 14.2. The van der Waals surface area contributed by atoms with Crippen molar-refractivity contribution in [3.63, 3.8) is 0 Å². The Morgan fingerprint density at radius 3 is 2.57 bits per heavy atom. The maximum Gasteiger partial charge on any atom is 0.287 e. The van der Waals surface area contributed by atoms with E-state index in [-0.39, 0.29) is 11.7 Å². The van der Waals surface area contributed by atoms with Gasteiger partial charge in [0.25, 0.3) is 5.69 Å². The summed E-state index contributed by atoms with van der Waals surface area (Å²) in [6.07, 6.45) is 0. The van der Waals surface area contributed by atoms with Gasteiger partial charge in [-0.05, 0) is 46.6 Å². The van der Waals surface area contributed by atoms with Crippen LogP contribution in [0.4, 0.5) is 5.69 Å². The van der Waals surface area contributed by atoms with E-state index in [0.29, 0.717) is 16.0 Å². The Morgan fingerprint density at radius 1 is 1.29 bits per heavy atom. The van der Waals surface area contributed by atoms with Gasteiger partial charge >= 0.3 is 0 Å². The number of nitro groups is 1. The molecule has 0 radical (unpaired) electrons. The number of nitrogens with zero attached hydrogens (tertiary/aromatic N) is 1.